The minimum Gasteiger partial charge on any atom is -0.481 e. The molecule has 1 fully saturated rings. The summed E-state index contributed by atoms with van der Waals surface area (Å²) < 4.78 is 5.07. The van der Waals surface area contributed by atoms with Gasteiger partial charge in [0.25, 0.3) is 0 Å². The van der Waals surface area contributed by atoms with Crippen molar-refractivity contribution in [2.45, 2.75) is 46.5 Å². The number of carbonyl (C=O) groups excluding carboxylic acids is 2. The monoisotopic (exact) mass is 353 g/mol. The van der Waals surface area contributed by atoms with Crippen molar-refractivity contribution in [3.8, 4) is 0 Å². The van der Waals surface area contributed by atoms with Crippen LogP contribution in [0.5, 0.6) is 0 Å². The van der Waals surface area contributed by atoms with Crippen LogP contribution >= 0.6 is 11.3 Å². The zero-order valence-corrected chi connectivity index (χ0v) is 15.0. The van der Waals surface area contributed by atoms with Crippen molar-refractivity contribution in [3.63, 3.8) is 0 Å². The fraction of sp³-hybridized carbons (Fsp3) is 0.588. The molecule has 0 bridgehead atoms. The summed E-state index contributed by atoms with van der Waals surface area (Å²) in [4.78, 5) is 37.1. The average molecular weight is 353 g/mol. The first-order chi connectivity index (χ1) is 11.4. The zero-order valence-electron chi connectivity index (χ0n) is 14.2. The number of aliphatic carboxylic acids is 1. The highest BCUT2D eigenvalue weighted by molar-refractivity contribution is 7.16. The number of ether oxygens (including phenoxy) is 1. The highest BCUT2D eigenvalue weighted by Gasteiger charge is 2.36. The van der Waals surface area contributed by atoms with Crippen LogP contribution in [0.4, 0.5) is 5.00 Å². The van der Waals surface area contributed by atoms with E-state index in [1.54, 1.807) is 6.92 Å². The van der Waals surface area contributed by atoms with Crippen molar-refractivity contribution in [3.05, 3.63) is 16.0 Å². The van der Waals surface area contributed by atoms with Gasteiger partial charge in [-0.1, -0.05) is 12.8 Å². The molecule has 1 aromatic heterocycles. The second kappa shape index (κ2) is 7.79. The van der Waals surface area contributed by atoms with Gasteiger partial charge in [0.1, 0.15) is 5.00 Å². The van der Waals surface area contributed by atoms with Gasteiger partial charge in [-0.15, -0.1) is 11.3 Å². The highest BCUT2D eigenvalue weighted by Crippen LogP contribution is 2.36. The molecular weight excluding hydrogens is 330 g/mol. The molecule has 7 heteroatoms. The van der Waals surface area contributed by atoms with Crippen molar-refractivity contribution >= 4 is 34.2 Å². The number of aryl methyl sites for hydroxylation is 1. The maximum atomic E-state index is 12.6. The quantitative estimate of drug-likeness (QED) is 0.792. The molecule has 1 heterocycles. The summed E-state index contributed by atoms with van der Waals surface area (Å²) in [5.41, 5.74) is 1.16. The Hall–Kier alpha value is -1.89. The number of nitrogens with one attached hydrogen (secondary N) is 1. The van der Waals surface area contributed by atoms with Crippen LogP contribution < -0.4 is 5.32 Å². The second-order valence-corrected chi connectivity index (χ2v) is 7.26. The first-order valence-corrected chi connectivity index (χ1v) is 8.99. The van der Waals surface area contributed by atoms with E-state index in [4.69, 9.17) is 4.74 Å². The summed E-state index contributed by atoms with van der Waals surface area (Å²) in [5.74, 6) is -2.94. The number of rotatable bonds is 5. The Morgan fingerprint density at radius 1 is 1.21 bits per heavy atom. The lowest BCUT2D eigenvalue weighted by atomic mass is 9.79. The SMILES string of the molecule is CCOC(=O)c1c(NC(=O)[C@H]2CCCC[C@@H]2C(=O)O)sc(C)c1C. The minimum absolute atomic E-state index is 0.254. The highest BCUT2D eigenvalue weighted by atomic mass is 32.1. The van der Waals surface area contributed by atoms with Crippen LogP contribution in [0.1, 0.15) is 53.4 Å². The maximum absolute atomic E-state index is 12.6. The Balaban J connectivity index is 2.24. The van der Waals surface area contributed by atoms with Crippen LogP contribution in [0.2, 0.25) is 0 Å². The third-order valence-electron chi connectivity index (χ3n) is 4.52. The summed E-state index contributed by atoms with van der Waals surface area (Å²) in [5, 5.41) is 12.6. The van der Waals surface area contributed by atoms with E-state index in [0.717, 1.165) is 23.3 Å². The Kier molecular flexibility index (Phi) is 5.99. The van der Waals surface area contributed by atoms with Gasteiger partial charge >= 0.3 is 11.9 Å². The van der Waals surface area contributed by atoms with Gasteiger partial charge in [0.15, 0.2) is 0 Å². The summed E-state index contributed by atoms with van der Waals surface area (Å²) in [6.07, 6.45) is 2.74. The average Bonchev–Trinajstić information content (AvgIpc) is 2.81. The molecule has 0 radical (unpaired) electrons. The number of amides is 1. The number of carboxylic acids is 1. The van der Waals surface area contributed by atoms with Gasteiger partial charge in [-0.25, -0.2) is 4.79 Å². The van der Waals surface area contributed by atoms with Crippen molar-refractivity contribution in [1.29, 1.82) is 0 Å². The standard InChI is InChI=1S/C17H23NO5S/c1-4-23-17(22)13-9(2)10(3)24-15(13)18-14(19)11-7-5-6-8-12(11)16(20)21/h11-12H,4-8H2,1-3H3,(H,18,19)(H,20,21)/t11-,12-/m0/s1. The molecule has 1 saturated carbocycles. The summed E-state index contributed by atoms with van der Waals surface area (Å²) >= 11 is 1.32. The number of carboxylic acid groups (broad SMARTS) is 1. The fourth-order valence-corrected chi connectivity index (χ4v) is 4.16. The van der Waals surface area contributed by atoms with E-state index < -0.39 is 23.8 Å². The molecule has 0 unspecified atom stereocenters. The van der Waals surface area contributed by atoms with E-state index in [2.05, 4.69) is 5.32 Å². The summed E-state index contributed by atoms with van der Waals surface area (Å²) in [6.45, 7) is 5.67. The largest absolute Gasteiger partial charge is 0.481 e. The van der Waals surface area contributed by atoms with Crippen molar-refractivity contribution in [2.24, 2.45) is 11.8 Å². The number of carbonyl (C=O) groups is 3. The van der Waals surface area contributed by atoms with E-state index in [1.165, 1.54) is 11.3 Å². The van der Waals surface area contributed by atoms with Crippen molar-refractivity contribution in [1.82, 2.24) is 0 Å². The molecule has 2 rings (SSSR count). The number of hydrogen-bond acceptors (Lipinski definition) is 5. The number of hydrogen-bond donors (Lipinski definition) is 2. The summed E-state index contributed by atoms with van der Waals surface area (Å²) in [7, 11) is 0. The number of thiophene rings is 1. The van der Waals surface area contributed by atoms with Gasteiger partial charge in [0.2, 0.25) is 5.91 Å². The molecule has 2 atom stereocenters. The van der Waals surface area contributed by atoms with Gasteiger partial charge in [-0.2, -0.15) is 0 Å². The predicted octanol–water partition coefficient (Wildman–Crippen LogP) is 3.37. The third-order valence-corrected chi connectivity index (χ3v) is 5.64. The molecule has 1 amide bonds. The van der Waals surface area contributed by atoms with E-state index >= 15 is 0 Å². The smallest absolute Gasteiger partial charge is 0.341 e. The van der Waals surface area contributed by atoms with Crippen LogP contribution in [0, 0.1) is 25.7 Å². The van der Waals surface area contributed by atoms with Gasteiger partial charge in [0.05, 0.1) is 24.0 Å². The Labute approximate surface area is 145 Å². The van der Waals surface area contributed by atoms with Gasteiger partial charge in [0, 0.05) is 4.88 Å². The molecule has 0 saturated heterocycles. The zero-order chi connectivity index (χ0) is 17.9. The summed E-state index contributed by atoms with van der Waals surface area (Å²) in [6, 6.07) is 0. The Morgan fingerprint density at radius 2 is 1.83 bits per heavy atom. The minimum atomic E-state index is -0.931. The van der Waals surface area contributed by atoms with Gasteiger partial charge in [-0.3, -0.25) is 9.59 Å². The van der Waals surface area contributed by atoms with E-state index in [1.807, 2.05) is 13.8 Å². The molecule has 132 valence electrons. The van der Waals surface area contributed by atoms with Gasteiger partial charge in [-0.05, 0) is 39.2 Å². The molecule has 6 nitrogen and oxygen atoms in total. The lowest BCUT2D eigenvalue weighted by Gasteiger charge is -2.27. The van der Waals surface area contributed by atoms with E-state index in [-0.39, 0.29) is 12.5 Å². The lowest BCUT2D eigenvalue weighted by Crippen LogP contribution is -2.36. The molecule has 24 heavy (non-hydrogen) atoms. The molecule has 0 aromatic carbocycles. The molecule has 1 aromatic rings. The maximum Gasteiger partial charge on any atom is 0.341 e. The molecule has 0 aliphatic heterocycles. The fourth-order valence-electron chi connectivity index (χ4n) is 3.11. The van der Waals surface area contributed by atoms with Crippen LogP contribution in [0.15, 0.2) is 0 Å². The predicted molar refractivity (Wildman–Crippen MR) is 91.5 cm³/mol. The molecule has 1 aliphatic rings. The van der Waals surface area contributed by atoms with E-state index in [0.29, 0.717) is 23.4 Å². The normalized spacial score (nSPS) is 20.5. The number of anilines is 1. The first kappa shape index (κ1) is 18.4. The van der Waals surface area contributed by atoms with Crippen molar-refractivity contribution in [2.75, 3.05) is 11.9 Å². The third kappa shape index (κ3) is 3.77. The van der Waals surface area contributed by atoms with Gasteiger partial charge < -0.3 is 15.2 Å². The van der Waals surface area contributed by atoms with Crippen molar-refractivity contribution < 1.29 is 24.2 Å². The Bertz CT molecular complexity index is 652. The lowest BCUT2D eigenvalue weighted by molar-refractivity contribution is -0.147. The molecule has 1 aliphatic carbocycles. The topological polar surface area (TPSA) is 92.7 Å². The van der Waals surface area contributed by atoms with Crippen LogP contribution in [-0.4, -0.2) is 29.6 Å². The second-order valence-electron chi connectivity index (χ2n) is 6.03. The first-order valence-electron chi connectivity index (χ1n) is 8.17. The van der Waals surface area contributed by atoms with Crippen LogP contribution in [0.3, 0.4) is 0 Å². The molecule has 0 spiro atoms. The number of esters is 1. The van der Waals surface area contributed by atoms with E-state index in [9.17, 15) is 19.5 Å². The molecular formula is C17H23NO5S. The van der Waals surface area contributed by atoms with Crippen LogP contribution in [0.25, 0.3) is 0 Å². The van der Waals surface area contributed by atoms with Crippen LogP contribution in [-0.2, 0) is 14.3 Å². The Morgan fingerprint density at radius 3 is 2.42 bits per heavy atom. The molecule has 2 N–H and O–H groups in total.